The fourth-order valence-corrected chi connectivity index (χ4v) is 4.49. The summed E-state index contributed by atoms with van der Waals surface area (Å²) in [4.78, 5) is 1.98. The molecule has 2 aromatic carbocycles. The van der Waals surface area contributed by atoms with Crippen LogP contribution in [0.15, 0.2) is 36.4 Å². The normalized spacial score (nSPS) is 15.0. The van der Waals surface area contributed by atoms with Crippen LogP contribution in [0.5, 0.6) is 5.75 Å². The monoisotopic (exact) mass is 494 g/mol. The highest BCUT2D eigenvalue weighted by atomic mass is 79.9. The fraction of sp³-hybridized carbons (Fsp3) is 0.458. The molecular weight excluding hydrogens is 469 g/mol. The summed E-state index contributed by atoms with van der Waals surface area (Å²) < 4.78 is 45.7. The second kappa shape index (κ2) is 10.4. The number of rotatable bonds is 7. The maximum absolute atomic E-state index is 13.3. The van der Waals surface area contributed by atoms with Gasteiger partial charge in [0, 0.05) is 24.1 Å². The van der Waals surface area contributed by atoms with Crippen molar-refractivity contribution in [3.05, 3.63) is 58.7 Å². The Kier molecular flexibility index (Phi) is 7.88. The summed E-state index contributed by atoms with van der Waals surface area (Å²) in [7, 11) is 0. The van der Waals surface area contributed by atoms with Crippen LogP contribution in [0.3, 0.4) is 0 Å². The van der Waals surface area contributed by atoms with Gasteiger partial charge in [0.05, 0.1) is 23.8 Å². The maximum Gasteiger partial charge on any atom is 0.417 e. The summed E-state index contributed by atoms with van der Waals surface area (Å²) >= 11 is 3.42. The zero-order valence-electron chi connectivity index (χ0n) is 17.5. The van der Waals surface area contributed by atoms with E-state index >= 15 is 0 Å². The van der Waals surface area contributed by atoms with Crippen molar-refractivity contribution in [2.45, 2.75) is 44.7 Å². The highest BCUT2D eigenvalue weighted by Gasteiger charge is 2.34. The quantitative estimate of drug-likeness (QED) is 0.312. The van der Waals surface area contributed by atoms with Crippen LogP contribution in [0.25, 0.3) is 0 Å². The predicted octanol–water partition coefficient (Wildman–Crippen LogP) is 6.82. The molecule has 0 unspecified atom stereocenters. The lowest BCUT2D eigenvalue weighted by Gasteiger charge is -2.34. The smallest absolute Gasteiger partial charge is 0.417 e. The molecule has 1 fully saturated rings. The topological polar surface area (TPSA) is 36.3 Å². The number of alkyl halides is 4. The molecule has 0 bridgehead atoms. The van der Waals surface area contributed by atoms with E-state index in [1.54, 1.807) is 12.1 Å². The van der Waals surface area contributed by atoms with Crippen molar-refractivity contribution in [2.75, 3.05) is 29.9 Å². The van der Waals surface area contributed by atoms with Crippen LogP contribution in [-0.2, 0) is 6.18 Å². The standard InChI is InChI=1S/C24H26BrF3N2O/c1-17-14-21(31-13-3-2-10-25)6-7-22(17)18-8-11-30(12-9-18)20-5-4-19(16-29)23(15-20)24(26,27)28/h4-7,14-15,18H,2-3,8-13H2,1H3. The van der Waals surface area contributed by atoms with Gasteiger partial charge in [0.25, 0.3) is 0 Å². The number of ether oxygens (including phenoxy) is 1. The molecule has 0 radical (unpaired) electrons. The van der Waals surface area contributed by atoms with Crippen molar-refractivity contribution in [2.24, 2.45) is 0 Å². The molecule has 0 aromatic heterocycles. The van der Waals surface area contributed by atoms with Gasteiger partial charge in [0.2, 0.25) is 0 Å². The summed E-state index contributed by atoms with van der Waals surface area (Å²) in [5, 5.41) is 9.97. The molecule has 0 atom stereocenters. The lowest BCUT2D eigenvalue weighted by Crippen LogP contribution is -2.33. The number of unbranched alkanes of at least 4 members (excludes halogenated alkanes) is 1. The first-order chi connectivity index (χ1) is 14.8. The number of piperidine rings is 1. The predicted molar refractivity (Wildman–Crippen MR) is 120 cm³/mol. The van der Waals surface area contributed by atoms with Gasteiger partial charge < -0.3 is 9.64 Å². The Labute approximate surface area is 189 Å². The zero-order chi connectivity index (χ0) is 22.4. The Morgan fingerprint density at radius 1 is 1.13 bits per heavy atom. The van der Waals surface area contributed by atoms with E-state index in [4.69, 9.17) is 10.00 Å². The SMILES string of the molecule is Cc1cc(OCCCCBr)ccc1C1CCN(c2ccc(C#N)c(C(F)(F)F)c2)CC1. The number of hydrogen-bond acceptors (Lipinski definition) is 3. The second-order valence-corrected chi connectivity index (χ2v) is 8.66. The summed E-state index contributed by atoms with van der Waals surface area (Å²) in [6.45, 7) is 4.15. The molecular formula is C24H26BrF3N2O. The van der Waals surface area contributed by atoms with Crippen LogP contribution in [-0.4, -0.2) is 25.0 Å². The molecule has 31 heavy (non-hydrogen) atoms. The zero-order valence-corrected chi connectivity index (χ0v) is 19.1. The number of anilines is 1. The number of aryl methyl sites for hydroxylation is 1. The van der Waals surface area contributed by atoms with Crippen LogP contribution in [0.1, 0.15) is 53.9 Å². The van der Waals surface area contributed by atoms with Crippen LogP contribution in [0, 0.1) is 18.3 Å². The second-order valence-electron chi connectivity index (χ2n) is 7.86. The van der Waals surface area contributed by atoms with E-state index in [1.807, 2.05) is 11.0 Å². The van der Waals surface area contributed by atoms with E-state index < -0.39 is 11.7 Å². The molecule has 0 saturated carbocycles. The van der Waals surface area contributed by atoms with E-state index in [1.165, 1.54) is 17.2 Å². The summed E-state index contributed by atoms with van der Waals surface area (Å²) in [6, 6.07) is 11.8. The number of nitrogens with zero attached hydrogens (tertiary/aromatic N) is 2. The lowest BCUT2D eigenvalue weighted by atomic mass is 9.86. The van der Waals surface area contributed by atoms with Gasteiger partial charge in [0.1, 0.15) is 5.75 Å². The number of benzene rings is 2. The Morgan fingerprint density at radius 3 is 2.48 bits per heavy atom. The van der Waals surface area contributed by atoms with Gasteiger partial charge in [-0.25, -0.2) is 0 Å². The van der Waals surface area contributed by atoms with Crippen molar-refractivity contribution in [3.8, 4) is 11.8 Å². The Balaban J connectivity index is 1.64. The van der Waals surface area contributed by atoms with Gasteiger partial charge in [-0.1, -0.05) is 22.0 Å². The summed E-state index contributed by atoms with van der Waals surface area (Å²) in [5.74, 6) is 1.25. The highest BCUT2D eigenvalue weighted by Crippen LogP contribution is 2.37. The summed E-state index contributed by atoms with van der Waals surface area (Å²) in [5.41, 5.74) is 1.79. The fourth-order valence-electron chi connectivity index (χ4n) is 4.09. The number of halogens is 4. The minimum absolute atomic E-state index is 0.337. The average molecular weight is 495 g/mol. The van der Waals surface area contributed by atoms with E-state index in [2.05, 4.69) is 35.0 Å². The van der Waals surface area contributed by atoms with Crippen LogP contribution >= 0.6 is 15.9 Å². The molecule has 1 saturated heterocycles. The summed E-state index contributed by atoms with van der Waals surface area (Å²) in [6.07, 6.45) is -0.703. The highest BCUT2D eigenvalue weighted by molar-refractivity contribution is 9.09. The molecule has 0 aliphatic carbocycles. The molecule has 7 heteroatoms. The Morgan fingerprint density at radius 2 is 1.87 bits per heavy atom. The van der Waals surface area contributed by atoms with Gasteiger partial charge >= 0.3 is 6.18 Å². The Bertz CT molecular complexity index is 931. The third-order valence-electron chi connectivity index (χ3n) is 5.77. The van der Waals surface area contributed by atoms with Gasteiger partial charge in [-0.05, 0) is 80.0 Å². The van der Waals surface area contributed by atoms with Crippen LogP contribution in [0.2, 0.25) is 0 Å². The van der Waals surface area contributed by atoms with Crippen molar-refractivity contribution in [1.29, 1.82) is 5.26 Å². The molecule has 0 spiro atoms. The molecule has 2 aromatic rings. The van der Waals surface area contributed by atoms with Crippen LogP contribution in [0.4, 0.5) is 18.9 Å². The first-order valence-corrected chi connectivity index (χ1v) is 11.6. The van der Waals surface area contributed by atoms with Gasteiger partial charge in [-0.15, -0.1) is 0 Å². The van der Waals surface area contributed by atoms with E-state index in [9.17, 15) is 13.2 Å². The lowest BCUT2D eigenvalue weighted by molar-refractivity contribution is -0.137. The van der Waals surface area contributed by atoms with Gasteiger partial charge in [0.15, 0.2) is 0 Å². The maximum atomic E-state index is 13.3. The van der Waals surface area contributed by atoms with E-state index in [-0.39, 0.29) is 5.56 Å². The van der Waals surface area contributed by atoms with Crippen LogP contribution < -0.4 is 9.64 Å². The first kappa shape index (κ1) is 23.5. The van der Waals surface area contributed by atoms with Gasteiger partial charge in [-0.2, -0.15) is 18.4 Å². The largest absolute Gasteiger partial charge is 0.494 e. The van der Waals surface area contributed by atoms with Crippen molar-refractivity contribution in [3.63, 3.8) is 0 Å². The van der Waals surface area contributed by atoms with E-state index in [0.717, 1.165) is 42.8 Å². The number of hydrogen-bond donors (Lipinski definition) is 0. The molecule has 166 valence electrons. The van der Waals surface area contributed by atoms with Gasteiger partial charge in [-0.3, -0.25) is 0 Å². The first-order valence-electron chi connectivity index (χ1n) is 10.5. The van der Waals surface area contributed by atoms with Crippen molar-refractivity contribution in [1.82, 2.24) is 0 Å². The third kappa shape index (κ3) is 5.94. The van der Waals surface area contributed by atoms with Crippen molar-refractivity contribution >= 4 is 21.6 Å². The molecule has 1 aliphatic rings. The number of nitriles is 1. The third-order valence-corrected chi connectivity index (χ3v) is 6.33. The minimum Gasteiger partial charge on any atom is -0.494 e. The molecule has 0 amide bonds. The average Bonchev–Trinajstić information content (AvgIpc) is 2.76. The minimum atomic E-state index is -4.53. The molecule has 1 aliphatic heterocycles. The van der Waals surface area contributed by atoms with Crippen molar-refractivity contribution < 1.29 is 17.9 Å². The molecule has 0 N–H and O–H groups in total. The van der Waals surface area contributed by atoms with E-state index in [0.29, 0.717) is 31.3 Å². The Hall–Kier alpha value is -2.20. The molecule has 3 nitrogen and oxygen atoms in total. The molecule has 1 heterocycles. The molecule has 3 rings (SSSR count).